The fourth-order valence-corrected chi connectivity index (χ4v) is 3.68. The van der Waals surface area contributed by atoms with Gasteiger partial charge in [0.1, 0.15) is 5.84 Å². The standard InChI is InChI=1S/C17H17N3O2S/c21-23(22)19-15(11-17(20-23)18-14-8-9-14)10-13-6-3-5-12-4-1-2-7-16(12)13/h1-7,11,14,19H,8-10H2,(H,18,20). The minimum atomic E-state index is -3.57. The van der Waals surface area contributed by atoms with Crippen LogP contribution in [0.5, 0.6) is 0 Å². The van der Waals surface area contributed by atoms with Crippen molar-refractivity contribution in [2.45, 2.75) is 25.3 Å². The Morgan fingerprint density at radius 3 is 2.65 bits per heavy atom. The van der Waals surface area contributed by atoms with Gasteiger partial charge in [-0.25, -0.2) is 0 Å². The van der Waals surface area contributed by atoms with Crippen LogP contribution in [-0.4, -0.2) is 20.3 Å². The van der Waals surface area contributed by atoms with Crippen LogP contribution in [0.25, 0.3) is 10.8 Å². The highest BCUT2D eigenvalue weighted by molar-refractivity contribution is 7.88. The van der Waals surface area contributed by atoms with E-state index in [0.717, 1.165) is 29.2 Å². The summed E-state index contributed by atoms with van der Waals surface area (Å²) < 4.78 is 29.0. The highest BCUT2D eigenvalue weighted by atomic mass is 32.2. The van der Waals surface area contributed by atoms with Crippen molar-refractivity contribution in [3.63, 3.8) is 0 Å². The van der Waals surface area contributed by atoms with Gasteiger partial charge in [-0.15, -0.1) is 0 Å². The topological polar surface area (TPSA) is 70.6 Å². The first kappa shape index (κ1) is 14.3. The third-order valence-corrected chi connectivity index (χ3v) is 4.95. The molecular formula is C17H17N3O2S. The van der Waals surface area contributed by atoms with E-state index in [9.17, 15) is 8.42 Å². The number of fused-ring (bicyclic) bond motifs is 1. The Bertz CT molecular complexity index is 923. The average Bonchev–Trinajstić information content (AvgIpc) is 3.30. The van der Waals surface area contributed by atoms with Gasteiger partial charge in [0.05, 0.1) is 6.04 Å². The van der Waals surface area contributed by atoms with Gasteiger partial charge in [0.2, 0.25) is 0 Å². The molecule has 2 aliphatic rings. The Morgan fingerprint density at radius 2 is 1.83 bits per heavy atom. The minimum absolute atomic E-state index is 0.265. The van der Waals surface area contributed by atoms with Crippen molar-refractivity contribution in [3.05, 3.63) is 59.8 Å². The molecule has 0 bridgehead atoms. The zero-order valence-electron chi connectivity index (χ0n) is 12.5. The van der Waals surface area contributed by atoms with Crippen molar-refractivity contribution in [2.24, 2.45) is 4.99 Å². The molecular weight excluding hydrogens is 310 g/mol. The van der Waals surface area contributed by atoms with Crippen LogP contribution in [0.4, 0.5) is 0 Å². The van der Waals surface area contributed by atoms with Crippen LogP contribution in [0.3, 0.4) is 0 Å². The zero-order valence-corrected chi connectivity index (χ0v) is 13.3. The molecule has 5 nitrogen and oxygen atoms in total. The minimum Gasteiger partial charge on any atom is -0.270 e. The van der Waals surface area contributed by atoms with E-state index < -0.39 is 10.2 Å². The number of nitrogens with one attached hydrogen (secondary N) is 2. The number of allylic oxidation sites excluding steroid dienone is 1. The van der Waals surface area contributed by atoms with Crippen molar-refractivity contribution in [3.8, 4) is 0 Å². The largest absolute Gasteiger partial charge is 0.322 e. The number of hydrogen-bond donors (Lipinski definition) is 2. The van der Waals surface area contributed by atoms with Gasteiger partial charge in [0.15, 0.2) is 0 Å². The maximum atomic E-state index is 12.0. The quantitative estimate of drug-likeness (QED) is 0.908. The molecule has 4 rings (SSSR count). The van der Waals surface area contributed by atoms with Crippen LogP contribution in [0.2, 0.25) is 0 Å². The Morgan fingerprint density at radius 1 is 1.04 bits per heavy atom. The maximum absolute atomic E-state index is 12.0. The molecule has 2 aromatic carbocycles. The van der Waals surface area contributed by atoms with Crippen molar-refractivity contribution < 1.29 is 8.42 Å². The summed E-state index contributed by atoms with van der Waals surface area (Å²) in [5, 5.41) is 2.28. The average molecular weight is 327 g/mol. The molecule has 1 saturated carbocycles. The van der Waals surface area contributed by atoms with E-state index >= 15 is 0 Å². The predicted molar refractivity (Wildman–Crippen MR) is 91.4 cm³/mol. The van der Waals surface area contributed by atoms with E-state index in [-0.39, 0.29) is 6.04 Å². The lowest BCUT2D eigenvalue weighted by Crippen LogP contribution is -2.44. The summed E-state index contributed by atoms with van der Waals surface area (Å²) in [5.41, 5.74) is 1.73. The molecule has 0 radical (unpaired) electrons. The number of hydrogen-bond acceptors (Lipinski definition) is 3. The fourth-order valence-electron chi connectivity index (χ4n) is 2.76. The lowest BCUT2D eigenvalue weighted by molar-refractivity contribution is 0.582. The van der Waals surface area contributed by atoms with E-state index in [1.165, 1.54) is 0 Å². The van der Waals surface area contributed by atoms with E-state index in [1.54, 1.807) is 6.08 Å². The number of rotatable bonds is 3. The molecule has 0 spiro atoms. The van der Waals surface area contributed by atoms with Gasteiger partial charge in [-0.2, -0.15) is 8.42 Å². The summed E-state index contributed by atoms with van der Waals surface area (Å²) in [5.74, 6) is 0.432. The normalized spacial score (nSPS) is 21.6. The van der Waals surface area contributed by atoms with Crippen LogP contribution in [0.15, 0.2) is 59.2 Å². The molecule has 0 unspecified atom stereocenters. The number of benzene rings is 2. The van der Waals surface area contributed by atoms with E-state index in [2.05, 4.69) is 32.6 Å². The second-order valence-corrected chi connectivity index (χ2v) is 7.35. The van der Waals surface area contributed by atoms with Crippen molar-refractivity contribution in [1.29, 1.82) is 0 Å². The first-order chi connectivity index (χ1) is 11.1. The molecule has 0 aromatic heterocycles. The zero-order chi connectivity index (χ0) is 15.9. The summed E-state index contributed by atoms with van der Waals surface area (Å²) in [6, 6.07) is 14.4. The third-order valence-electron chi connectivity index (χ3n) is 3.94. The molecule has 118 valence electrons. The molecule has 1 heterocycles. The Labute approximate surface area is 135 Å². The first-order valence-electron chi connectivity index (χ1n) is 7.65. The van der Waals surface area contributed by atoms with Crippen LogP contribution in [0.1, 0.15) is 18.4 Å². The van der Waals surface area contributed by atoms with E-state index in [0.29, 0.717) is 18.0 Å². The Kier molecular flexibility index (Phi) is 3.34. The van der Waals surface area contributed by atoms with E-state index in [1.807, 2.05) is 24.3 Å². The molecule has 23 heavy (non-hydrogen) atoms. The molecule has 1 fully saturated rings. The Hall–Kier alpha value is -2.34. The molecule has 1 aliphatic heterocycles. The molecule has 1 aliphatic carbocycles. The van der Waals surface area contributed by atoms with Gasteiger partial charge in [-0.3, -0.25) is 14.4 Å². The molecule has 0 atom stereocenters. The van der Waals surface area contributed by atoms with Crippen LogP contribution < -0.4 is 9.44 Å². The summed E-state index contributed by atoms with van der Waals surface area (Å²) in [6.07, 6.45) is 4.38. The highest BCUT2D eigenvalue weighted by Crippen LogP contribution is 2.25. The first-order valence-corrected chi connectivity index (χ1v) is 9.13. The van der Waals surface area contributed by atoms with Crippen LogP contribution in [-0.2, 0) is 16.6 Å². The van der Waals surface area contributed by atoms with Crippen LogP contribution in [0, 0.1) is 0 Å². The summed E-state index contributed by atoms with van der Waals surface area (Å²) >= 11 is 0. The van der Waals surface area contributed by atoms with Crippen molar-refractivity contribution in [1.82, 2.24) is 9.44 Å². The van der Waals surface area contributed by atoms with Gasteiger partial charge in [-0.1, -0.05) is 42.5 Å². The fraction of sp³-hybridized carbons (Fsp3) is 0.235. The lowest BCUT2D eigenvalue weighted by atomic mass is 10.0. The number of amidine groups is 1. The lowest BCUT2D eigenvalue weighted by Gasteiger charge is -2.19. The molecule has 2 aromatic rings. The Balaban J connectivity index is 1.70. The van der Waals surface area contributed by atoms with Gasteiger partial charge in [0, 0.05) is 18.2 Å². The van der Waals surface area contributed by atoms with E-state index in [4.69, 9.17) is 0 Å². The van der Waals surface area contributed by atoms with Crippen molar-refractivity contribution >= 4 is 26.8 Å². The van der Waals surface area contributed by atoms with Gasteiger partial charge < -0.3 is 0 Å². The molecule has 0 saturated heterocycles. The SMILES string of the molecule is O=S1(=O)NC(Cc2cccc3ccccc23)=CC(=NC2CC2)N1. The molecule has 0 amide bonds. The van der Waals surface area contributed by atoms with Gasteiger partial charge >= 0.3 is 10.2 Å². The molecule has 2 N–H and O–H groups in total. The monoisotopic (exact) mass is 327 g/mol. The summed E-state index contributed by atoms with van der Waals surface area (Å²) in [4.78, 5) is 4.41. The van der Waals surface area contributed by atoms with Crippen LogP contribution >= 0.6 is 0 Å². The van der Waals surface area contributed by atoms with Gasteiger partial charge in [-0.05, 0) is 29.2 Å². The number of aliphatic imine (C=N–C) groups is 1. The maximum Gasteiger partial charge on any atom is 0.322 e. The summed E-state index contributed by atoms with van der Waals surface area (Å²) in [6.45, 7) is 0. The predicted octanol–water partition coefficient (Wildman–Crippen LogP) is 2.26. The third kappa shape index (κ3) is 3.22. The highest BCUT2D eigenvalue weighted by Gasteiger charge is 2.25. The molecule has 6 heteroatoms. The second kappa shape index (κ2) is 5.38. The number of nitrogens with zero attached hydrogens (tertiary/aromatic N) is 1. The van der Waals surface area contributed by atoms with Gasteiger partial charge in [0.25, 0.3) is 0 Å². The van der Waals surface area contributed by atoms with Crippen molar-refractivity contribution in [2.75, 3.05) is 0 Å². The second-order valence-electron chi connectivity index (χ2n) is 5.94. The summed E-state index contributed by atoms with van der Waals surface area (Å²) in [7, 11) is -3.57. The smallest absolute Gasteiger partial charge is 0.270 e.